The Morgan fingerprint density at radius 3 is 2.63 bits per heavy atom. The van der Waals surface area contributed by atoms with Crippen molar-refractivity contribution in [2.24, 2.45) is 0 Å². The summed E-state index contributed by atoms with van der Waals surface area (Å²) in [5.41, 5.74) is 1.90. The summed E-state index contributed by atoms with van der Waals surface area (Å²) < 4.78 is 4.94. The van der Waals surface area contributed by atoms with E-state index >= 15 is 0 Å². The molecule has 0 unspecified atom stereocenters. The molecule has 0 aliphatic heterocycles. The summed E-state index contributed by atoms with van der Waals surface area (Å²) in [6.07, 6.45) is 9.95. The van der Waals surface area contributed by atoms with Gasteiger partial charge in [0.2, 0.25) is 10.5 Å². The molecule has 0 radical (unpaired) electrons. The van der Waals surface area contributed by atoms with E-state index in [-0.39, 0.29) is 5.97 Å². The third kappa shape index (κ3) is 6.20. The van der Waals surface area contributed by atoms with E-state index in [1.165, 1.54) is 0 Å². The maximum absolute atomic E-state index is 11.7. The summed E-state index contributed by atoms with van der Waals surface area (Å²) in [5.74, 6) is -0.166. The van der Waals surface area contributed by atoms with Crippen LogP contribution in [0.4, 0.5) is 0 Å². The molecule has 0 N–H and O–H groups in total. The van der Waals surface area contributed by atoms with Gasteiger partial charge in [0.25, 0.3) is 0 Å². The molecule has 0 aliphatic rings. The van der Waals surface area contributed by atoms with Crippen molar-refractivity contribution in [2.45, 2.75) is 32.6 Å². The summed E-state index contributed by atoms with van der Waals surface area (Å²) in [5, 5.41) is 0. The number of benzene rings is 1. The maximum atomic E-state index is 11.7. The van der Waals surface area contributed by atoms with Crippen LogP contribution in [0.5, 0.6) is 0 Å². The van der Waals surface area contributed by atoms with Gasteiger partial charge in [0, 0.05) is 5.57 Å². The highest BCUT2D eigenvalue weighted by atomic mass is 28.2. The summed E-state index contributed by atoms with van der Waals surface area (Å²) >= 11 is 0. The minimum atomic E-state index is -0.166. The van der Waals surface area contributed by atoms with Crippen molar-refractivity contribution >= 4 is 22.5 Å². The van der Waals surface area contributed by atoms with Gasteiger partial charge in [0.05, 0.1) is 0 Å². The van der Waals surface area contributed by atoms with Gasteiger partial charge >= 0.3 is 5.97 Å². The fourth-order valence-electron chi connectivity index (χ4n) is 1.79. The second-order valence-corrected chi connectivity index (χ2v) is 4.82. The molecule has 0 amide bonds. The first-order chi connectivity index (χ1) is 9.27. The van der Waals surface area contributed by atoms with Crippen LogP contribution in [-0.2, 0) is 9.22 Å². The van der Waals surface area contributed by atoms with E-state index in [1.54, 1.807) is 0 Å². The summed E-state index contributed by atoms with van der Waals surface area (Å²) in [4.78, 5) is 11.7. The number of rotatable bonds is 7. The van der Waals surface area contributed by atoms with Gasteiger partial charge in [0.15, 0.2) is 0 Å². The quantitative estimate of drug-likeness (QED) is 0.331. The van der Waals surface area contributed by atoms with E-state index in [4.69, 9.17) is 4.43 Å². The molecule has 0 atom stereocenters. The number of unbranched alkanes of at least 4 members (excludes halogenated alkanes) is 2. The molecule has 2 nitrogen and oxygen atoms in total. The molecule has 0 fully saturated rings. The largest absolute Gasteiger partial charge is 0.525 e. The second-order valence-electron chi connectivity index (χ2n) is 4.41. The normalized spacial score (nSPS) is 11.9. The molecule has 0 bridgehead atoms. The standard InChI is InChI=1S/C16H22O2Si/c1-2-3-5-12-15(16(17)18-19)13-8-11-14-9-6-4-7-10-14/h4,6-11,13H,2-3,5,12H2,1,19H3. The summed E-state index contributed by atoms with van der Waals surface area (Å²) in [7, 11) is 0.450. The molecule has 1 rings (SSSR count). The van der Waals surface area contributed by atoms with E-state index in [9.17, 15) is 4.79 Å². The Kier molecular flexibility index (Phi) is 7.59. The Hall–Kier alpha value is -1.61. The van der Waals surface area contributed by atoms with Gasteiger partial charge in [-0.15, -0.1) is 0 Å². The topological polar surface area (TPSA) is 26.3 Å². The molecular formula is C16H22O2Si. The van der Waals surface area contributed by atoms with Crippen LogP contribution in [0.25, 0.3) is 6.08 Å². The van der Waals surface area contributed by atoms with E-state index in [0.717, 1.165) is 36.8 Å². The molecule has 0 saturated carbocycles. The second kappa shape index (κ2) is 9.33. The Bertz CT molecular complexity index is 435. The van der Waals surface area contributed by atoms with Gasteiger partial charge in [-0.3, -0.25) is 0 Å². The predicted molar refractivity (Wildman–Crippen MR) is 83.7 cm³/mol. The Morgan fingerprint density at radius 2 is 2.00 bits per heavy atom. The molecule has 0 heterocycles. The molecule has 0 spiro atoms. The van der Waals surface area contributed by atoms with Gasteiger partial charge in [-0.2, -0.15) is 0 Å². The van der Waals surface area contributed by atoms with E-state index < -0.39 is 0 Å². The molecule has 0 saturated heterocycles. The highest BCUT2D eigenvalue weighted by Gasteiger charge is 2.06. The third-order valence-electron chi connectivity index (χ3n) is 2.88. The Balaban J connectivity index is 2.66. The Labute approximate surface area is 118 Å². The Morgan fingerprint density at radius 1 is 1.26 bits per heavy atom. The average molecular weight is 274 g/mol. The fourth-order valence-corrected chi connectivity index (χ4v) is 2.05. The molecule has 1 aromatic rings. The maximum Gasteiger partial charge on any atom is 0.319 e. The fraction of sp³-hybridized carbons (Fsp3) is 0.312. The van der Waals surface area contributed by atoms with Crippen molar-refractivity contribution in [3.05, 3.63) is 53.6 Å². The van der Waals surface area contributed by atoms with Gasteiger partial charge < -0.3 is 4.43 Å². The molecule has 1 aromatic carbocycles. The molecule has 0 aliphatic carbocycles. The van der Waals surface area contributed by atoms with Gasteiger partial charge in [-0.05, 0) is 18.4 Å². The molecule has 3 heteroatoms. The van der Waals surface area contributed by atoms with Crippen molar-refractivity contribution in [2.75, 3.05) is 0 Å². The third-order valence-corrected chi connectivity index (χ3v) is 3.25. The number of hydrogen-bond acceptors (Lipinski definition) is 2. The number of allylic oxidation sites excluding steroid dienone is 2. The highest BCUT2D eigenvalue weighted by Crippen LogP contribution is 2.11. The predicted octanol–water partition coefficient (Wildman–Crippen LogP) is 3.03. The van der Waals surface area contributed by atoms with Crippen LogP contribution in [0.1, 0.15) is 38.2 Å². The SMILES string of the molecule is CCCCCC(=CC=Cc1ccccc1)C(=O)O[SiH3]. The molecule has 102 valence electrons. The number of hydrogen-bond donors (Lipinski definition) is 0. The van der Waals surface area contributed by atoms with Crippen molar-refractivity contribution in [3.63, 3.8) is 0 Å². The van der Waals surface area contributed by atoms with Crippen molar-refractivity contribution in [1.82, 2.24) is 0 Å². The smallest absolute Gasteiger partial charge is 0.319 e. The monoisotopic (exact) mass is 274 g/mol. The van der Waals surface area contributed by atoms with Crippen molar-refractivity contribution in [1.29, 1.82) is 0 Å². The molecular weight excluding hydrogens is 252 g/mol. The van der Waals surface area contributed by atoms with Crippen LogP contribution in [0.2, 0.25) is 0 Å². The van der Waals surface area contributed by atoms with E-state index in [1.807, 2.05) is 48.6 Å². The lowest BCUT2D eigenvalue weighted by molar-refractivity contribution is -0.130. The van der Waals surface area contributed by atoms with Crippen LogP contribution in [0.3, 0.4) is 0 Å². The minimum Gasteiger partial charge on any atom is -0.525 e. The van der Waals surface area contributed by atoms with Crippen LogP contribution >= 0.6 is 0 Å². The lowest BCUT2D eigenvalue weighted by atomic mass is 10.1. The van der Waals surface area contributed by atoms with Gasteiger partial charge in [-0.1, -0.05) is 68.3 Å². The van der Waals surface area contributed by atoms with Gasteiger partial charge in [0.1, 0.15) is 0 Å². The van der Waals surface area contributed by atoms with Crippen molar-refractivity contribution < 1.29 is 9.22 Å². The zero-order valence-corrected chi connectivity index (χ0v) is 13.8. The minimum absolute atomic E-state index is 0.166. The summed E-state index contributed by atoms with van der Waals surface area (Å²) in [6.45, 7) is 2.16. The number of carbonyl (C=O) groups excluding carboxylic acids is 1. The highest BCUT2D eigenvalue weighted by molar-refractivity contribution is 6.09. The average Bonchev–Trinajstić information content (AvgIpc) is 2.46. The summed E-state index contributed by atoms with van der Waals surface area (Å²) in [6, 6.07) is 10.1. The molecule has 19 heavy (non-hydrogen) atoms. The zero-order valence-electron chi connectivity index (χ0n) is 11.8. The first-order valence-electron chi connectivity index (χ1n) is 6.78. The number of carbonyl (C=O) groups is 1. The van der Waals surface area contributed by atoms with Gasteiger partial charge in [-0.25, -0.2) is 4.79 Å². The van der Waals surface area contributed by atoms with Crippen molar-refractivity contribution in [3.8, 4) is 0 Å². The van der Waals surface area contributed by atoms with Crippen LogP contribution < -0.4 is 0 Å². The zero-order chi connectivity index (χ0) is 13.9. The van der Waals surface area contributed by atoms with Crippen LogP contribution in [0, 0.1) is 0 Å². The first-order valence-corrected chi connectivity index (χ1v) is 7.60. The van der Waals surface area contributed by atoms with E-state index in [2.05, 4.69) is 6.92 Å². The van der Waals surface area contributed by atoms with Crippen LogP contribution in [-0.4, -0.2) is 16.5 Å². The van der Waals surface area contributed by atoms with E-state index in [0.29, 0.717) is 10.5 Å². The first kappa shape index (κ1) is 15.4. The lowest BCUT2D eigenvalue weighted by Crippen LogP contribution is -2.05. The molecule has 0 aromatic heterocycles. The van der Waals surface area contributed by atoms with Crippen LogP contribution in [0.15, 0.2) is 48.1 Å². The lowest BCUT2D eigenvalue weighted by Gasteiger charge is -2.04.